The first-order chi connectivity index (χ1) is 31.4. The van der Waals surface area contributed by atoms with Gasteiger partial charge in [0.2, 0.25) is 0 Å². The quantitative estimate of drug-likeness (QED) is 0.0691. The summed E-state index contributed by atoms with van der Waals surface area (Å²) in [6, 6.07) is 0. The van der Waals surface area contributed by atoms with Gasteiger partial charge in [0.1, 0.15) is 61.0 Å². The zero-order valence-corrected chi connectivity index (χ0v) is 39.8. The summed E-state index contributed by atoms with van der Waals surface area (Å²) in [4.78, 5) is 11.8. The third kappa shape index (κ3) is 10.2. The molecule has 0 aromatic heterocycles. The zero-order chi connectivity index (χ0) is 49.2. The van der Waals surface area contributed by atoms with Crippen molar-refractivity contribution in [1.29, 1.82) is 0 Å². The molecule has 20 nitrogen and oxygen atoms in total. The van der Waals surface area contributed by atoms with Crippen molar-refractivity contribution >= 4 is 5.97 Å². The van der Waals surface area contributed by atoms with Crippen LogP contribution in [0.25, 0.3) is 0 Å². The molecular formula is C47H80O20. The van der Waals surface area contributed by atoms with Crippen molar-refractivity contribution in [3.8, 4) is 0 Å². The van der Waals surface area contributed by atoms with Crippen molar-refractivity contribution < 1.29 is 99.2 Å². The predicted octanol–water partition coefficient (Wildman–Crippen LogP) is -1.58. The molecule has 7 fully saturated rings. The van der Waals surface area contributed by atoms with E-state index in [9.17, 15) is 66.1 Å². The van der Waals surface area contributed by atoms with Crippen LogP contribution in [0.4, 0.5) is 0 Å². The summed E-state index contributed by atoms with van der Waals surface area (Å²) in [6.07, 6.45) is -20.2. The molecule has 0 unspecified atom stereocenters. The molecule has 3 saturated heterocycles. The van der Waals surface area contributed by atoms with Gasteiger partial charge in [-0.05, 0) is 111 Å². The number of hydrogen-bond acceptors (Lipinski definition) is 20. The normalized spacial score (nSPS) is 51.6. The minimum Gasteiger partial charge on any atom is -0.457 e. The van der Waals surface area contributed by atoms with Crippen LogP contribution in [0.5, 0.6) is 0 Å². The number of fused-ring (bicyclic) bond motifs is 5. The lowest BCUT2D eigenvalue weighted by Gasteiger charge is -2.62. The van der Waals surface area contributed by atoms with E-state index in [2.05, 4.69) is 13.8 Å². The SMILES string of the molecule is CC(=O)O[C@H]1[C@@H](O)[C@@H](C)O[C@@H](O[C@@H](C(C)C)[C@H](O)C[C@@H](C)[C@H]2[C@@H](O)C[C@H]3[C@@H]4C[C@@H](O)[C@H]5C[C@@H](O[C@@H]6O[C@H](CO[C@@H]7O[C@H](CO)[C@@H](O)[C@H](O)[C@H]7O)[C@@H](O)[C@H](O)[C@H]6O)CC[C@]5(C)[C@H]4CC[C@]23C)[C@@H]1O. The molecule has 0 amide bonds. The fourth-order valence-corrected chi connectivity index (χ4v) is 14.2. The summed E-state index contributed by atoms with van der Waals surface area (Å²) in [6.45, 7) is 11.9. The van der Waals surface area contributed by atoms with E-state index in [0.717, 1.165) is 12.8 Å². The smallest absolute Gasteiger partial charge is 0.303 e. The van der Waals surface area contributed by atoms with Crippen LogP contribution in [0, 0.1) is 52.3 Å². The standard InChI is InChI=1S/C47H80O20/c1-18(2)41(67-45-40(60)42(63-21(5)49)33(53)20(4)62-45)29(52)12-19(3)32-28(51)15-25-23-14-27(50)26-13-22(8-10-46(26,6)24(23)9-11-47(25,32)7)64-44-39(59)37(57)35(55)31(66-44)17-61-43-38(58)36(56)34(54)30(16-48)65-43/h18-20,22-45,48,50-60H,8-17H2,1-7H3/t19-,20-,22+,23-,24+,25+,26-,27-,28+,29-,30-,31-,32+,33+,34-,35-,36+,37+,38-,39-,40-,41+,42+,43-,44-,45+,46-,47+/m1/s1. The molecule has 7 rings (SSSR count). The molecule has 3 heterocycles. The average Bonchev–Trinajstić information content (AvgIpc) is 3.55. The van der Waals surface area contributed by atoms with Crippen molar-refractivity contribution in [3.63, 3.8) is 0 Å². The van der Waals surface area contributed by atoms with Crippen LogP contribution >= 0.6 is 0 Å². The lowest BCUT2D eigenvalue weighted by Crippen LogP contribution is -2.62. The fraction of sp³-hybridized carbons (Fsp3) is 0.979. The van der Waals surface area contributed by atoms with Crippen LogP contribution < -0.4 is 0 Å². The monoisotopic (exact) mass is 965 g/mol. The van der Waals surface area contributed by atoms with Gasteiger partial charge in [-0.1, -0.05) is 34.6 Å². The van der Waals surface area contributed by atoms with Crippen molar-refractivity contribution in [2.75, 3.05) is 13.2 Å². The van der Waals surface area contributed by atoms with Gasteiger partial charge in [0.05, 0.1) is 49.8 Å². The van der Waals surface area contributed by atoms with Crippen molar-refractivity contribution in [3.05, 3.63) is 0 Å². The third-order valence-corrected chi connectivity index (χ3v) is 17.6. The van der Waals surface area contributed by atoms with Crippen molar-refractivity contribution in [2.24, 2.45) is 52.3 Å². The van der Waals surface area contributed by atoms with Gasteiger partial charge >= 0.3 is 5.97 Å². The van der Waals surface area contributed by atoms with Gasteiger partial charge in [-0.25, -0.2) is 0 Å². The molecule has 4 aliphatic carbocycles. The molecule has 0 aromatic carbocycles. The largest absolute Gasteiger partial charge is 0.457 e. The van der Waals surface area contributed by atoms with Gasteiger partial charge < -0.3 is 94.4 Å². The van der Waals surface area contributed by atoms with E-state index in [1.165, 1.54) is 6.92 Å². The fourth-order valence-electron chi connectivity index (χ4n) is 14.2. The van der Waals surface area contributed by atoms with Gasteiger partial charge in [-0.2, -0.15) is 0 Å². The summed E-state index contributed by atoms with van der Waals surface area (Å²) in [7, 11) is 0. The second-order valence-electron chi connectivity index (χ2n) is 22.1. The van der Waals surface area contributed by atoms with E-state index in [-0.39, 0.29) is 52.3 Å². The number of hydrogen-bond donors (Lipinski definition) is 12. The molecule has 3 aliphatic heterocycles. The molecule has 28 atom stereocenters. The van der Waals surface area contributed by atoms with Crippen molar-refractivity contribution in [2.45, 2.75) is 222 Å². The summed E-state index contributed by atoms with van der Waals surface area (Å²) in [5.74, 6) is -0.862. The van der Waals surface area contributed by atoms with Gasteiger partial charge in [0.25, 0.3) is 0 Å². The average molecular weight is 965 g/mol. The van der Waals surface area contributed by atoms with E-state index in [0.29, 0.717) is 38.5 Å². The topological polar surface area (TPSA) is 324 Å². The van der Waals surface area contributed by atoms with Crippen LogP contribution in [0.15, 0.2) is 0 Å². The summed E-state index contributed by atoms with van der Waals surface area (Å²) in [5.41, 5.74) is -0.557. The number of carbonyl (C=O) groups is 1. The Labute approximate surface area is 392 Å². The molecule has 12 N–H and O–H groups in total. The minimum atomic E-state index is -1.70. The summed E-state index contributed by atoms with van der Waals surface area (Å²) in [5, 5.41) is 130. The lowest BCUT2D eigenvalue weighted by molar-refractivity contribution is -0.338. The first-order valence-corrected chi connectivity index (χ1v) is 24.6. The Morgan fingerprint density at radius 2 is 1.31 bits per heavy atom. The Hall–Kier alpha value is -1.25. The number of rotatable bonds is 14. The molecule has 0 aromatic rings. The second kappa shape index (κ2) is 21.1. The van der Waals surface area contributed by atoms with Gasteiger partial charge in [-0.15, -0.1) is 0 Å². The number of carbonyl (C=O) groups excluding carboxylic acids is 1. The molecule has 0 spiro atoms. The second-order valence-corrected chi connectivity index (χ2v) is 22.1. The Balaban J connectivity index is 0.969. The maximum atomic E-state index is 12.0. The summed E-state index contributed by atoms with van der Waals surface area (Å²) < 4.78 is 40.5. The number of aliphatic hydroxyl groups is 12. The highest BCUT2D eigenvalue weighted by molar-refractivity contribution is 5.66. The predicted molar refractivity (Wildman–Crippen MR) is 231 cm³/mol. The van der Waals surface area contributed by atoms with E-state index in [1.807, 2.05) is 20.8 Å². The first-order valence-electron chi connectivity index (χ1n) is 24.6. The van der Waals surface area contributed by atoms with Crippen LogP contribution in [0.2, 0.25) is 0 Å². The Morgan fingerprint density at radius 3 is 1.96 bits per heavy atom. The van der Waals surface area contributed by atoms with E-state index < -0.39 is 142 Å². The molecule has 7 aliphatic rings. The summed E-state index contributed by atoms with van der Waals surface area (Å²) >= 11 is 0. The Bertz CT molecular complexity index is 1640. The van der Waals surface area contributed by atoms with E-state index >= 15 is 0 Å². The molecule has 20 heteroatoms. The number of aliphatic hydroxyl groups excluding tert-OH is 12. The minimum absolute atomic E-state index is 0.113. The third-order valence-electron chi connectivity index (χ3n) is 17.6. The van der Waals surface area contributed by atoms with Gasteiger partial charge in [0, 0.05) is 6.92 Å². The van der Waals surface area contributed by atoms with Crippen LogP contribution in [-0.4, -0.2) is 203 Å². The van der Waals surface area contributed by atoms with Crippen LogP contribution in [-0.2, 0) is 38.0 Å². The zero-order valence-electron chi connectivity index (χ0n) is 39.8. The first kappa shape index (κ1) is 53.5. The lowest BCUT2D eigenvalue weighted by atomic mass is 9.43. The van der Waals surface area contributed by atoms with E-state index in [1.54, 1.807) is 6.92 Å². The molecule has 4 saturated carbocycles. The van der Waals surface area contributed by atoms with E-state index in [4.69, 9.17) is 33.2 Å². The highest BCUT2D eigenvalue weighted by Crippen LogP contribution is 2.68. The molecule has 388 valence electrons. The highest BCUT2D eigenvalue weighted by Gasteiger charge is 2.65. The molecular weight excluding hydrogens is 884 g/mol. The number of esters is 1. The van der Waals surface area contributed by atoms with Crippen molar-refractivity contribution in [1.82, 2.24) is 0 Å². The number of ether oxygens (including phenoxy) is 7. The molecule has 0 radical (unpaired) electrons. The van der Waals surface area contributed by atoms with Gasteiger partial charge in [-0.3, -0.25) is 4.79 Å². The van der Waals surface area contributed by atoms with Crippen LogP contribution in [0.3, 0.4) is 0 Å². The Kier molecular flexibility index (Phi) is 16.8. The maximum absolute atomic E-state index is 12.0. The Morgan fingerprint density at radius 1 is 0.687 bits per heavy atom. The van der Waals surface area contributed by atoms with Gasteiger partial charge in [0.15, 0.2) is 25.0 Å². The van der Waals surface area contributed by atoms with Crippen LogP contribution in [0.1, 0.15) is 99.8 Å². The highest BCUT2D eigenvalue weighted by atomic mass is 16.7. The molecule has 0 bridgehead atoms. The molecule has 67 heavy (non-hydrogen) atoms. The maximum Gasteiger partial charge on any atom is 0.303 e.